The van der Waals surface area contributed by atoms with Crippen LogP contribution in [0.3, 0.4) is 0 Å². The Kier molecular flexibility index (Phi) is 7.94. The van der Waals surface area contributed by atoms with Crippen LogP contribution in [0.2, 0.25) is 0 Å². The molecule has 0 aliphatic carbocycles. The van der Waals surface area contributed by atoms with Gasteiger partial charge in [0.05, 0.1) is 7.11 Å². The average Bonchev–Trinajstić information content (AvgIpc) is 2.60. The van der Waals surface area contributed by atoms with Gasteiger partial charge in [-0.05, 0) is 44.5 Å². The van der Waals surface area contributed by atoms with Crippen LogP contribution in [0.15, 0.2) is 35.4 Å². The lowest BCUT2D eigenvalue weighted by Gasteiger charge is -2.41. The number of likely N-dealkylation sites (tertiary alicyclic amines) is 1. The van der Waals surface area contributed by atoms with Gasteiger partial charge < -0.3 is 9.64 Å². The Balaban J connectivity index is 1.95. The van der Waals surface area contributed by atoms with Crippen LogP contribution < -0.4 is 0 Å². The molecular formula is C20H29ClN2O2. The molecule has 1 aliphatic rings. The van der Waals surface area contributed by atoms with Gasteiger partial charge in [-0.2, -0.15) is 0 Å². The summed E-state index contributed by atoms with van der Waals surface area (Å²) in [7, 11) is 5.69. The maximum atomic E-state index is 11.5. The molecule has 0 saturated carbocycles. The smallest absolute Gasteiger partial charge is 0.305 e. The Bertz CT molecular complexity index is 574. The number of hydrogen-bond acceptors (Lipinski definition) is 4. The minimum absolute atomic E-state index is 0.128. The van der Waals surface area contributed by atoms with Crippen LogP contribution in [-0.2, 0) is 9.53 Å². The van der Waals surface area contributed by atoms with Crippen LogP contribution in [0.1, 0.15) is 24.8 Å². The number of rotatable bonds is 7. The molecule has 1 fully saturated rings. The van der Waals surface area contributed by atoms with Crippen LogP contribution in [0.5, 0.6) is 0 Å². The summed E-state index contributed by atoms with van der Waals surface area (Å²) >= 11 is 6.48. The van der Waals surface area contributed by atoms with Crippen molar-refractivity contribution >= 4 is 23.6 Å². The number of halogens is 1. The standard InChI is InChI=1S/C20H29ClN2O2/c1-22(2)19-11-12-23(14-17(19)9-10-20(24)25-3)15-18(21)13-16-7-5-4-6-8-16/h4-8,13,17,19H,9-12,14-15H2,1-3H3/b18-13-/t17-,19+/m0/s1. The lowest BCUT2D eigenvalue weighted by Crippen LogP contribution is -2.49. The molecule has 0 aromatic heterocycles. The van der Waals surface area contributed by atoms with E-state index in [9.17, 15) is 4.79 Å². The summed E-state index contributed by atoms with van der Waals surface area (Å²) in [6.07, 6.45) is 4.45. The summed E-state index contributed by atoms with van der Waals surface area (Å²) in [4.78, 5) is 16.2. The molecule has 0 N–H and O–H groups in total. The largest absolute Gasteiger partial charge is 0.469 e. The van der Waals surface area contributed by atoms with Crippen molar-refractivity contribution in [2.24, 2.45) is 5.92 Å². The summed E-state index contributed by atoms with van der Waals surface area (Å²) in [6, 6.07) is 10.6. The SMILES string of the molecule is COC(=O)CC[C@H]1CN(C/C(Cl)=C/c2ccccc2)CC[C@H]1N(C)C. The van der Waals surface area contributed by atoms with E-state index in [-0.39, 0.29) is 5.97 Å². The number of hydrogen-bond donors (Lipinski definition) is 0. The first-order valence-electron chi connectivity index (χ1n) is 8.86. The highest BCUT2D eigenvalue weighted by Crippen LogP contribution is 2.26. The van der Waals surface area contributed by atoms with Gasteiger partial charge in [0, 0.05) is 37.1 Å². The Hall–Kier alpha value is -1.36. The third-order valence-electron chi connectivity index (χ3n) is 4.89. The van der Waals surface area contributed by atoms with Gasteiger partial charge in [-0.1, -0.05) is 41.9 Å². The lowest BCUT2D eigenvalue weighted by molar-refractivity contribution is -0.141. The molecule has 0 bridgehead atoms. The fourth-order valence-electron chi connectivity index (χ4n) is 3.60. The molecule has 1 heterocycles. The zero-order valence-corrected chi connectivity index (χ0v) is 16.2. The molecule has 0 spiro atoms. The Morgan fingerprint density at radius 1 is 1.36 bits per heavy atom. The van der Waals surface area contributed by atoms with E-state index in [1.54, 1.807) is 0 Å². The Morgan fingerprint density at radius 3 is 2.72 bits per heavy atom. The van der Waals surface area contributed by atoms with Crippen molar-refractivity contribution in [3.63, 3.8) is 0 Å². The number of esters is 1. The maximum Gasteiger partial charge on any atom is 0.305 e. The van der Waals surface area contributed by atoms with Crippen LogP contribution in [0.4, 0.5) is 0 Å². The van der Waals surface area contributed by atoms with Gasteiger partial charge in [0.1, 0.15) is 0 Å². The van der Waals surface area contributed by atoms with Crippen molar-refractivity contribution in [1.29, 1.82) is 0 Å². The Labute approximate surface area is 156 Å². The van der Waals surface area contributed by atoms with E-state index in [0.29, 0.717) is 18.4 Å². The first-order chi connectivity index (χ1) is 12.0. The molecule has 4 nitrogen and oxygen atoms in total. The summed E-state index contributed by atoms with van der Waals surface area (Å²) in [5.41, 5.74) is 1.12. The second-order valence-electron chi connectivity index (χ2n) is 6.93. The molecule has 2 atom stereocenters. The molecule has 0 unspecified atom stereocenters. The van der Waals surface area contributed by atoms with Gasteiger partial charge in [-0.15, -0.1) is 0 Å². The second-order valence-corrected chi connectivity index (χ2v) is 7.42. The van der Waals surface area contributed by atoms with Crippen LogP contribution in [-0.4, -0.2) is 62.7 Å². The second kappa shape index (κ2) is 9.95. The van der Waals surface area contributed by atoms with Crippen LogP contribution in [0, 0.1) is 5.92 Å². The number of ether oxygens (including phenoxy) is 1. The van der Waals surface area contributed by atoms with Crippen molar-refractivity contribution in [3.8, 4) is 0 Å². The van der Waals surface area contributed by atoms with Gasteiger partial charge in [0.25, 0.3) is 0 Å². The monoisotopic (exact) mass is 364 g/mol. The highest BCUT2D eigenvalue weighted by Gasteiger charge is 2.31. The van der Waals surface area contributed by atoms with Crippen molar-refractivity contribution < 1.29 is 9.53 Å². The summed E-state index contributed by atoms with van der Waals surface area (Å²) < 4.78 is 4.80. The summed E-state index contributed by atoms with van der Waals surface area (Å²) in [5, 5.41) is 0.848. The topological polar surface area (TPSA) is 32.8 Å². The number of benzene rings is 1. The van der Waals surface area contributed by atoms with Gasteiger partial charge in [0.2, 0.25) is 0 Å². The summed E-state index contributed by atoms with van der Waals surface area (Å²) in [6.45, 7) is 2.74. The van der Waals surface area contributed by atoms with Crippen molar-refractivity contribution in [3.05, 3.63) is 40.9 Å². The third-order valence-corrected chi connectivity index (χ3v) is 5.11. The van der Waals surface area contributed by atoms with Gasteiger partial charge in [0.15, 0.2) is 0 Å². The molecule has 1 saturated heterocycles. The fraction of sp³-hybridized carbons (Fsp3) is 0.550. The third kappa shape index (κ3) is 6.46. The van der Waals surface area contributed by atoms with Crippen LogP contribution in [0.25, 0.3) is 6.08 Å². The molecule has 0 radical (unpaired) electrons. The first kappa shape index (κ1) is 20.0. The van der Waals surface area contributed by atoms with E-state index in [0.717, 1.165) is 43.1 Å². The molecular weight excluding hydrogens is 336 g/mol. The lowest BCUT2D eigenvalue weighted by atomic mass is 9.87. The molecule has 138 valence electrons. The first-order valence-corrected chi connectivity index (χ1v) is 9.24. The molecule has 1 aromatic rings. The van der Waals surface area contributed by atoms with Crippen molar-refractivity contribution in [2.75, 3.05) is 40.8 Å². The number of piperidine rings is 1. The zero-order chi connectivity index (χ0) is 18.2. The zero-order valence-electron chi connectivity index (χ0n) is 15.5. The van der Waals surface area contributed by atoms with E-state index in [2.05, 4.69) is 36.0 Å². The van der Waals surface area contributed by atoms with E-state index in [1.807, 2.05) is 24.3 Å². The summed E-state index contributed by atoms with van der Waals surface area (Å²) in [5.74, 6) is 0.320. The van der Waals surface area contributed by atoms with Gasteiger partial charge in [-0.3, -0.25) is 9.69 Å². The van der Waals surface area contributed by atoms with E-state index in [1.165, 1.54) is 7.11 Å². The van der Waals surface area contributed by atoms with Gasteiger partial charge >= 0.3 is 5.97 Å². The minimum atomic E-state index is -0.128. The predicted molar refractivity (Wildman–Crippen MR) is 104 cm³/mol. The Morgan fingerprint density at radius 2 is 2.08 bits per heavy atom. The van der Waals surface area contributed by atoms with Crippen molar-refractivity contribution in [2.45, 2.75) is 25.3 Å². The molecule has 25 heavy (non-hydrogen) atoms. The highest BCUT2D eigenvalue weighted by atomic mass is 35.5. The van der Waals surface area contributed by atoms with E-state index >= 15 is 0 Å². The minimum Gasteiger partial charge on any atom is -0.469 e. The quantitative estimate of drug-likeness (QED) is 0.693. The van der Waals surface area contributed by atoms with E-state index in [4.69, 9.17) is 16.3 Å². The molecule has 1 aliphatic heterocycles. The maximum absolute atomic E-state index is 11.5. The fourth-order valence-corrected chi connectivity index (χ4v) is 3.89. The number of carbonyl (C=O) groups excluding carboxylic acids is 1. The number of methoxy groups -OCH3 is 1. The average molecular weight is 365 g/mol. The molecule has 2 rings (SSSR count). The molecule has 1 aromatic carbocycles. The van der Waals surface area contributed by atoms with Crippen LogP contribution >= 0.6 is 11.6 Å². The van der Waals surface area contributed by atoms with E-state index < -0.39 is 0 Å². The normalized spacial score (nSPS) is 22.2. The molecule has 0 amide bonds. The number of nitrogens with zero attached hydrogens (tertiary/aromatic N) is 2. The molecule has 5 heteroatoms. The number of carbonyl (C=O) groups is 1. The van der Waals surface area contributed by atoms with Crippen molar-refractivity contribution in [1.82, 2.24) is 9.80 Å². The highest BCUT2D eigenvalue weighted by molar-refractivity contribution is 6.31. The predicted octanol–water partition coefficient (Wildman–Crippen LogP) is 3.47. The van der Waals surface area contributed by atoms with Gasteiger partial charge in [-0.25, -0.2) is 0 Å².